The first-order valence-electron chi connectivity index (χ1n) is 7.47. The van der Waals surface area contributed by atoms with E-state index in [1.54, 1.807) is 24.3 Å². The predicted molar refractivity (Wildman–Crippen MR) is 95.2 cm³/mol. The fourth-order valence-electron chi connectivity index (χ4n) is 2.56. The number of rotatable bonds is 4. The number of amides is 2. The maximum Gasteiger partial charge on any atom is 0.293 e. The van der Waals surface area contributed by atoms with Crippen molar-refractivity contribution >= 4 is 40.2 Å². The van der Waals surface area contributed by atoms with Crippen LogP contribution in [0.15, 0.2) is 48.5 Å². The molecule has 0 bridgehead atoms. The van der Waals surface area contributed by atoms with Crippen molar-refractivity contribution in [2.75, 3.05) is 4.90 Å². The van der Waals surface area contributed by atoms with Crippen molar-refractivity contribution in [3.8, 4) is 0 Å². The lowest BCUT2D eigenvalue weighted by molar-refractivity contribution is -0.117. The molecule has 1 aliphatic heterocycles. The molecule has 0 N–H and O–H groups in total. The Labute approximate surface area is 144 Å². The summed E-state index contributed by atoms with van der Waals surface area (Å²) in [6.07, 6.45) is 1.52. The van der Waals surface area contributed by atoms with Crippen LogP contribution < -0.4 is 4.90 Å². The van der Waals surface area contributed by atoms with Gasteiger partial charge < -0.3 is 0 Å². The van der Waals surface area contributed by atoms with E-state index in [1.807, 2.05) is 12.1 Å². The standard InChI is InChI=1S/C18H16ClNO2S/c1-2-12-7-9-13(10-8-12)11-16-17(21)20(18(22)23-16)15-6-4-3-5-14(15)19/h3-10,16H,2,11H2,1H3/t16-/m0/s1. The Kier molecular flexibility index (Phi) is 4.74. The van der Waals surface area contributed by atoms with Gasteiger partial charge in [-0.25, -0.2) is 4.90 Å². The molecule has 0 radical (unpaired) electrons. The van der Waals surface area contributed by atoms with Gasteiger partial charge in [0.15, 0.2) is 0 Å². The number of carbonyl (C=O) groups is 2. The number of benzene rings is 2. The smallest absolute Gasteiger partial charge is 0.273 e. The largest absolute Gasteiger partial charge is 0.293 e. The van der Waals surface area contributed by atoms with Crippen LogP contribution in [-0.2, 0) is 17.6 Å². The van der Waals surface area contributed by atoms with Crippen molar-refractivity contribution in [1.82, 2.24) is 0 Å². The van der Waals surface area contributed by atoms with E-state index in [0.29, 0.717) is 17.1 Å². The molecule has 118 valence electrons. The van der Waals surface area contributed by atoms with Crippen molar-refractivity contribution in [3.05, 3.63) is 64.7 Å². The van der Waals surface area contributed by atoms with Crippen molar-refractivity contribution in [3.63, 3.8) is 0 Å². The molecule has 0 aliphatic carbocycles. The molecule has 0 unspecified atom stereocenters. The van der Waals surface area contributed by atoms with Gasteiger partial charge in [-0.3, -0.25) is 9.59 Å². The fourth-order valence-corrected chi connectivity index (χ4v) is 3.80. The Morgan fingerprint density at radius 2 is 1.70 bits per heavy atom. The molecule has 1 aliphatic rings. The molecule has 3 nitrogen and oxygen atoms in total. The maximum atomic E-state index is 12.6. The summed E-state index contributed by atoms with van der Waals surface area (Å²) in [6, 6.07) is 15.1. The summed E-state index contributed by atoms with van der Waals surface area (Å²) in [5.74, 6) is -0.201. The van der Waals surface area contributed by atoms with Crippen LogP contribution in [-0.4, -0.2) is 16.4 Å². The summed E-state index contributed by atoms with van der Waals surface area (Å²) in [5, 5.41) is -0.257. The number of nitrogens with zero attached hydrogens (tertiary/aromatic N) is 1. The third-order valence-corrected chi connectivity index (χ3v) is 5.22. The number of anilines is 1. The summed E-state index contributed by atoms with van der Waals surface area (Å²) >= 11 is 7.19. The van der Waals surface area contributed by atoms with Crippen LogP contribution >= 0.6 is 23.4 Å². The third-order valence-electron chi connectivity index (χ3n) is 3.87. The van der Waals surface area contributed by atoms with E-state index in [4.69, 9.17) is 11.6 Å². The number of hydrogen-bond acceptors (Lipinski definition) is 3. The first-order valence-corrected chi connectivity index (χ1v) is 8.73. The van der Waals surface area contributed by atoms with Gasteiger partial charge in [-0.05, 0) is 36.1 Å². The number of halogens is 1. The first-order chi connectivity index (χ1) is 11.1. The number of carbonyl (C=O) groups excluding carboxylic acids is 2. The minimum absolute atomic E-state index is 0.201. The Bertz CT molecular complexity index is 745. The highest BCUT2D eigenvalue weighted by Crippen LogP contribution is 2.36. The lowest BCUT2D eigenvalue weighted by Crippen LogP contribution is -2.32. The molecule has 1 saturated heterocycles. The monoisotopic (exact) mass is 345 g/mol. The molecule has 1 heterocycles. The molecule has 0 spiro atoms. The summed E-state index contributed by atoms with van der Waals surface area (Å²) in [5.41, 5.74) is 2.77. The molecule has 1 atom stereocenters. The average molecular weight is 346 g/mol. The van der Waals surface area contributed by atoms with Crippen LogP contribution in [0.4, 0.5) is 10.5 Å². The molecule has 2 amide bonds. The van der Waals surface area contributed by atoms with E-state index in [2.05, 4.69) is 19.1 Å². The van der Waals surface area contributed by atoms with Gasteiger partial charge in [0.25, 0.3) is 5.24 Å². The zero-order valence-electron chi connectivity index (χ0n) is 12.7. The Hall–Kier alpha value is -1.78. The molecule has 2 aromatic carbocycles. The highest BCUT2D eigenvalue weighted by molar-refractivity contribution is 8.15. The van der Waals surface area contributed by atoms with Gasteiger partial charge in [-0.15, -0.1) is 0 Å². The number of imide groups is 1. The summed E-state index contributed by atoms with van der Waals surface area (Å²) in [6.45, 7) is 2.10. The number of aryl methyl sites for hydroxylation is 1. The van der Waals surface area contributed by atoms with E-state index in [9.17, 15) is 9.59 Å². The van der Waals surface area contributed by atoms with Crippen LogP contribution in [0.2, 0.25) is 5.02 Å². The number of para-hydroxylation sites is 1. The predicted octanol–water partition coefficient (Wildman–Crippen LogP) is 4.71. The molecule has 0 saturated carbocycles. The quantitative estimate of drug-likeness (QED) is 0.805. The Morgan fingerprint density at radius 3 is 2.35 bits per heavy atom. The molecule has 23 heavy (non-hydrogen) atoms. The summed E-state index contributed by atoms with van der Waals surface area (Å²) in [7, 11) is 0. The van der Waals surface area contributed by atoms with Crippen molar-refractivity contribution in [2.45, 2.75) is 25.0 Å². The third kappa shape index (κ3) is 3.28. The van der Waals surface area contributed by atoms with E-state index in [0.717, 1.165) is 23.7 Å². The van der Waals surface area contributed by atoms with Gasteiger partial charge in [0.05, 0.1) is 16.0 Å². The molecule has 1 fully saturated rings. The zero-order valence-corrected chi connectivity index (χ0v) is 14.2. The van der Waals surface area contributed by atoms with Crippen LogP contribution in [0.5, 0.6) is 0 Å². The number of thioether (sulfide) groups is 1. The van der Waals surface area contributed by atoms with E-state index in [1.165, 1.54) is 10.5 Å². The molecular weight excluding hydrogens is 330 g/mol. The lowest BCUT2D eigenvalue weighted by atomic mass is 10.1. The highest BCUT2D eigenvalue weighted by Gasteiger charge is 2.41. The minimum atomic E-state index is -0.397. The fraction of sp³-hybridized carbons (Fsp3) is 0.222. The molecule has 5 heteroatoms. The number of hydrogen-bond donors (Lipinski definition) is 0. The van der Waals surface area contributed by atoms with Crippen molar-refractivity contribution in [2.24, 2.45) is 0 Å². The Balaban J connectivity index is 1.79. The van der Waals surface area contributed by atoms with Gasteiger partial charge in [0, 0.05) is 0 Å². The van der Waals surface area contributed by atoms with Gasteiger partial charge in [0.2, 0.25) is 5.91 Å². The van der Waals surface area contributed by atoms with E-state index < -0.39 is 5.25 Å². The Morgan fingerprint density at radius 1 is 1.04 bits per heavy atom. The molecule has 2 aromatic rings. The average Bonchev–Trinajstić information content (AvgIpc) is 2.83. The molecule has 0 aromatic heterocycles. The SMILES string of the molecule is CCc1ccc(C[C@@H]2SC(=O)N(c3ccccc3Cl)C2=O)cc1. The molecule has 3 rings (SSSR count). The van der Waals surface area contributed by atoms with Crippen LogP contribution in [0.3, 0.4) is 0 Å². The summed E-state index contributed by atoms with van der Waals surface area (Å²) < 4.78 is 0. The highest BCUT2D eigenvalue weighted by atomic mass is 35.5. The second-order valence-corrected chi connectivity index (χ2v) is 6.93. The van der Waals surface area contributed by atoms with Gasteiger partial charge in [0.1, 0.15) is 0 Å². The van der Waals surface area contributed by atoms with Gasteiger partial charge in [-0.2, -0.15) is 0 Å². The van der Waals surface area contributed by atoms with Crippen molar-refractivity contribution in [1.29, 1.82) is 0 Å². The van der Waals surface area contributed by atoms with Gasteiger partial charge in [-0.1, -0.05) is 66.7 Å². The van der Waals surface area contributed by atoms with E-state index >= 15 is 0 Å². The second-order valence-electron chi connectivity index (χ2n) is 5.37. The van der Waals surface area contributed by atoms with Crippen LogP contribution in [0.1, 0.15) is 18.1 Å². The first kappa shape index (κ1) is 16.1. The molecular formula is C18H16ClNO2S. The topological polar surface area (TPSA) is 37.4 Å². The van der Waals surface area contributed by atoms with E-state index in [-0.39, 0.29) is 11.1 Å². The minimum Gasteiger partial charge on any atom is -0.273 e. The van der Waals surface area contributed by atoms with Crippen molar-refractivity contribution < 1.29 is 9.59 Å². The van der Waals surface area contributed by atoms with Gasteiger partial charge >= 0.3 is 0 Å². The zero-order chi connectivity index (χ0) is 16.4. The lowest BCUT2D eigenvalue weighted by Gasteiger charge is -2.15. The normalized spacial score (nSPS) is 17.8. The van der Waals surface area contributed by atoms with Crippen LogP contribution in [0, 0.1) is 0 Å². The maximum absolute atomic E-state index is 12.6. The second kappa shape index (κ2) is 6.77. The summed E-state index contributed by atoms with van der Waals surface area (Å²) in [4.78, 5) is 26.1. The van der Waals surface area contributed by atoms with Crippen LogP contribution in [0.25, 0.3) is 0 Å².